The van der Waals surface area contributed by atoms with E-state index in [1.54, 1.807) is 0 Å². The van der Waals surface area contributed by atoms with E-state index in [9.17, 15) is 0 Å². The van der Waals surface area contributed by atoms with Crippen molar-refractivity contribution in [1.82, 2.24) is 0 Å². The lowest BCUT2D eigenvalue weighted by Gasteiger charge is -2.35. The van der Waals surface area contributed by atoms with Gasteiger partial charge in [-0.2, -0.15) is 0 Å². The van der Waals surface area contributed by atoms with Crippen molar-refractivity contribution in [3.8, 4) is 33.4 Å². The van der Waals surface area contributed by atoms with Gasteiger partial charge in [-0.15, -0.1) is 0 Å². The molecule has 264 valence electrons. The van der Waals surface area contributed by atoms with Crippen LogP contribution in [0.2, 0.25) is 0 Å². The van der Waals surface area contributed by atoms with Gasteiger partial charge >= 0.3 is 0 Å². The average molecular weight is 721 g/mol. The van der Waals surface area contributed by atoms with Crippen molar-refractivity contribution in [2.45, 2.75) is 5.41 Å². The van der Waals surface area contributed by atoms with Gasteiger partial charge in [0.2, 0.25) is 0 Å². The molecule has 0 amide bonds. The summed E-state index contributed by atoms with van der Waals surface area (Å²) in [4.78, 5) is 0. The Morgan fingerprint density at radius 1 is 0.263 bits per heavy atom. The molecule has 0 unspecified atom stereocenters. The van der Waals surface area contributed by atoms with Crippen LogP contribution >= 0.6 is 0 Å². The van der Waals surface area contributed by atoms with Gasteiger partial charge in [0.25, 0.3) is 0 Å². The predicted molar refractivity (Wildman–Crippen MR) is 242 cm³/mol. The minimum atomic E-state index is -0.544. The van der Waals surface area contributed by atoms with Gasteiger partial charge in [0.15, 0.2) is 0 Å². The molecule has 0 saturated heterocycles. The summed E-state index contributed by atoms with van der Waals surface area (Å²) >= 11 is 0. The van der Waals surface area contributed by atoms with Crippen molar-refractivity contribution >= 4 is 53.9 Å². The molecule has 0 bridgehead atoms. The normalized spacial score (nSPS) is 13.1. The Morgan fingerprint density at radius 3 is 1.23 bits per heavy atom. The molecule has 0 radical (unpaired) electrons. The monoisotopic (exact) mass is 720 g/mol. The maximum Gasteiger partial charge on any atom is 0.0720 e. The fourth-order valence-electron chi connectivity index (χ4n) is 10.4. The third-order valence-corrected chi connectivity index (χ3v) is 12.7. The van der Waals surface area contributed by atoms with Crippen molar-refractivity contribution < 1.29 is 0 Å². The highest BCUT2D eigenvalue weighted by molar-refractivity contribution is 6.23. The van der Waals surface area contributed by atoms with E-state index in [4.69, 9.17) is 0 Å². The molecule has 57 heavy (non-hydrogen) atoms. The van der Waals surface area contributed by atoms with E-state index < -0.39 is 5.41 Å². The average Bonchev–Trinajstić information content (AvgIpc) is 3.59. The molecule has 0 atom stereocenters. The van der Waals surface area contributed by atoms with Crippen molar-refractivity contribution in [2.75, 3.05) is 0 Å². The van der Waals surface area contributed by atoms with E-state index in [0.29, 0.717) is 0 Å². The molecule has 0 nitrogen and oxygen atoms in total. The first-order chi connectivity index (χ1) is 28.3. The smallest absolute Gasteiger partial charge is 0.0622 e. The second-order valence-electron chi connectivity index (χ2n) is 15.5. The third kappa shape index (κ3) is 4.50. The Kier molecular flexibility index (Phi) is 6.94. The fraction of sp³-hybridized carbons (Fsp3) is 0.0175. The molecule has 11 aromatic rings. The van der Waals surface area contributed by atoms with E-state index in [1.165, 1.54) is 109 Å². The van der Waals surface area contributed by atoms with Crippen molar-refractivity contribution in [1.29, 1.82) is 0 Å². The lowest BCUT2D eigenvalue weighted by atomic mass is 9.66. The quantitative estimate of drug-likeness (QED) is 0.125. The summed E-state index contributed by atoms with van der Waals surface area (Å²) in [6.07, 6.45) is 0. The Balaban J connectivity index is 1.21. The number of hydrogen-bond donors (Lipinski definition) is 0. The highest BCUT2D eigenvalue weighted by atomic mass is 14.5. The molecule has 0 aliphatic heterocycles. The van der Waals surface area contributed by atoms with Crippen molar-refractivity contribution in [3.63, 3.8) is 0 Å². The summed E-state index contributed by atoms with van der Waals surface area (Å²) in [5.41, 5.74) is 12.4. The van der Waals surface area contributed by atoms with E-state index in [-0.39, 0.29) is 0 Å². The molecular formula is C57H36. The first-order valence-electron chi connectivity index (χ1n) is 19.9. The lowest BCUT2D eigenvalue weighted by molar-refractivity contribution is 0.777. The fourth-order valence-corrected chi connectivity index (χ4v) is 10.4. The van der Waals surface area contributed by atoms with Crippen LogP contribution in [0.3, 0.4) is 0 Å². The van der Waals surface area contributed by atoms with Gasteiger partial charge < -0.3 is 0 Å². The Morgan fingerprint density at radius 2 is 0.684 bits per heavy atom. The van der Waals surface area contributed by atoms with Crippen LogP contribution in [0.5, 0.6) is 0 Å². The first kappa shape index (κ1) is 32.0. The molecular weight excluding hydrogens is 685 g/mol. The van der Waals surface area contributed by atoms with Crippen molar-refractivity contribution in [2.24, 2.45) is 0 Å². The molecule has 0 heteroatoms. The van der Waals surface area contributed by atoms with E-state index >= 15 is 0 Å². The largest absolute Gasteiger partial charge is 0.0720 e. The zero-order valence-corrected chi connectivity index (χ0v) is 31.3. The number of hydrogen-bond acceptors (Lipinski definition) is 0. The lowest BCUT2D eigenvalue weighted by Crippen LogP contribution is -2.28. The zero-order valence-electron chi connectivity index (χ0n) is 31.3. The van der Waals surface area contributed by atoms with Crippen LogP contribution in [0, 0.1) is 0 Å². The minimum absolute atomic E-state index is 0.544. The molecule has 0 N–H and O–H groups in total. The maximum atomic E-state index is 2.53. The molecule has 1 aliphatic rings. The summed E-state index contributed by atoms with van der Waals surface area (Å²) in [6, 6.07) is 81.4. The molecule has 0 spiro atoms. The maximum absolute atomic E-state index is 2.53. The molecule has 11 aromatic carbocycles. The molecule has 12 rings (SSSR count). The van der Waals surface area contributed by atoms with Gasteiger partial charge in [0.1, 0.15) is 0 Å². The Bertz CT molecular complexity index is 3280. The number of benzene rings is 11. The van der Waals surface area contributed by atoms with Gasteiger partial charge in [0.05, 0.1) is 5.41 Å². The van der Waals surface area contributed by atoms with Gasteiger partial charge in [0, 0.05) is 0 Å². The molecule has 0 aromatic heterocycles. The van der Waals surface area contributed by atoms with Gasteiger partial charge in [-0.1, -0.05) is 200 Å². The topological polar surface area (TPSA) is 0 Å². The summed E-state index contributed by atoms with van der Waals surface area (Å²) < 4.78 is 0. The van der Waals surface area contributed by atoms with Gasteiger partial charge in [-0.25, -0.2) is 0 Å². The molecule has 1 aliphatic carbocycles. The first-order valence-corrected chi connectivity index (χ1v) is 19.9. The highest BCUT2D eigenvalue weighted by Gasteiger charge is 2.48. The molecule has 0 saturated carbocycles. The summed E-state index contributed by atoms with van der Waals surface area (Å²) in [5.74, 6) is 0. The van der Waals surface area contributed by atoms with Crippen molar-refractivity contribution in [3.05, 3.63) is 241 Å². The zero-order chi connectivity index (χ0) is 37.5. The van der Waals surface area contributed by atoms with Gasteiger partial charge in [-0.05, 0) is 128 Å². The summed E-state index contributed by atoms with van der Waals surface area (Å²) in [7, 11) is 0. The van der Waals surface area contributed by atoms with Crippen LogP contribution in [-0.4, -0.2) is 0 Å². The van der Waals surface area contributed by atoms with Crippen LogP contribution in [0.1, 0.15) is 22.3 Å². The van der Waals surface area contributed by atoms with Crippen LogP contribution in [0.15, 0.2) is 218 Å². The SMILES string of the molecule is c1ccc(-c2c3ccccc3c(-c3ccc4cc5c(cc4c3)C(c3ccccc3)(c3ccccc3)c3c-5c4ccccc4c4ccccc34)c3ccccc23)cc1. The van der Waals surface area contributed by atoms with Crippen LogP contribution in [0.25, 0.3) is 87.2 Å². The highest BCUT2D eigenvalue weighted by Crippen LogP contribution is 2.61. The van der Waals surface area contributed by atoms with E-state index in [0.717, 1.165) is 0 Å². The second kappa shape index (κ2) is 12.4. The minimum Gasteiger partial charge on any atom is -0.0622 e. The molecule has 0 heterocycles. The van der Waals surface area contributed by atoms with Crippen LogP contribution < -0.4 is 0 Å². The van der Waals surface area contributed by atoms with E-state index in [1.807, 2.05) is 0 Å². The standard InChI is InChI=1S/C57H36/c1-4-18-37(19-5-1)53-46-27-13-15-29-48(46)54(49-30-16-14-28-47(49)53)39-33-32-38-35-51-52(36-40(38)34-39)57(41-20-6-2-7-21-41,42-22-8-3-9-23-42)56-50-31-17-11-25-44(50)43-24-10-12-26-45(43)55(51)56/h1-36H. The van der Waals surface area contributed by atoms with Crippen LogP contribution in [-0.2, 0) is 5.41 Å². The second-order valence-corrected chi connectivity index (χ2v) is 15.5. The van der Waals surface area contributed by atoms with Crippen LogP contribution in [0.4, 0.5) is 0 Å². The number of rotatable bonds is 4. The summed E-state index contributed by atoms with van der Waals surface area (Å²) in [6.45, 7) is 0. The Labute approximate surface area is 331 Å². The Hall–Kier alpha value is -7.28. The van der Waals surface area contributed by atoms with E-state index in [2.05, 4.69) is 218 Å². The van der Waals surface area contributed by atoms with Gasteiger partial charge in [-0.3, -0.25) is 0 Å². The number of fused-ring (bicyclic) bond motifs is 11. The predicted octanol–water partition coefficient (Wildman–Crippen LogP) is 15.1. The summed E-state index contributed by atoms with van der Waals surface area (Å²) in [5, 5.41) is 12.7. The third-order valence-electron chi connectivity index (χ3n) is 12.7. The molecule has 0 fully saturated rings.